The Morgan fingerprint density at radius 1 is 1.25 bits per heavy atom. The van der Waals surface area contributed by atoms with Crippen molar-refractivity contribution in [2.24, 2.45) is 0 Å². The summed E-state index contributed by atoms with van der Waals surface area (Å²) in [7, 11) is 1.75. The molecule has 0 amide bonds. The largest absolute Gasteiger partial charge is 0.385 e. The summed E-state index contributed by atoms with van der Waals surface area (Å²) < 4.78 is 4.97. The van der Waals surface area contributed by atoms with Gasteiger partial charge in [0.2, 0.25) is 0 Å². The normalized spacial score (nSPS) is 10.1. The van der Waals surface area contributed by atoms with Crippen LogP contribution in [0.4, 0.5) is 0 Å². The van der Waals surface area contributed by atoms with Gasteiger partial charge in [-0.2, -0.15) is 0 Å². The highest BCUT2D eigenvalue weighted by Crippen LogP contribution is 2.03. The van der Waals surface area contributed by atoms with Gasteiger partial charge in [-0.1, -0.05) is 24.3 Å². The summed E-state index contributed by atoms with van der Waals surface area (Å²) in [5.41, 5.74) is 1.39. The predicted octanol–water partition coefficient (Wildman–Crippen LogP) is 2.46. The number of hydrogen-bond acceptors (Lipinski definition) is 1. The maximum absolute atomic E-state index is 4.97. The second kappa shape index (κ2) is 5.78. The number of methoxy groups -OCH3 is 1. The van der Waals surface area contributed by atoms with Gasteiger partial charge in [0.25, 0.3) is 0 Å². The molecular formula is C11H15O. The van der Waals surface area contributed by atoms with Gasteiger partial charge in [-0.05, 0) is 30.9 Å². The highest BCUT2D eigenvalue weighted by Gasteiger charge is 1.90. The maximum Gasteiger partial charge on any atom is 0.0462 e. The van der Waals surface area contributed by atoms with E-state index in [1.807, 2.05) is 12.1 Å². The van der Waals surface area contributed by atoms with Gasteiger partial charge in [0, 0.05) is 13.7 Å². The molecule has 0 aromatic heterocycles. The number of hydrogen-bond donors (Lipinski definition) is 0. The summed E-state index contributed by atoms with van der Waals surface area (Å²) in [4.78, 5) is 0. The molecule has 0 saturated heterocycles. The fourth-order valence-corrected chi connectivity index (χ4v) is 1.16. The van der Waals surface area contributed by atoms with Crippen molar-refractivity contribution in [3.8, 4) is 0 Å². The van der Waals surface area contributed by atoms with Crippen LogP contribution in [0.25, 0.3) is 0 Å². The van der Waals surface area contributed by atoms with E-state index in [1.165, 1.54) is 12.0 Å². The van der Waals surface area contributed by atoms with Gasteiger partial charge in [-0.3, -0.25) is 0 Å². The molecule has 0 atom stereocenters. The molecule has 0 bridgehead atoms. The Morgan fingerprint density at radius 2 is 2.00 bits per heavy atom. The van der Waals surface area contributed by atoms with E-state index in [-0.39, 0.29) is 0 Å². The van der Waals surface area contributed by atoms with Crippen molar-refractivity contribution >= 4 is 0 Å². The molecule has 1 radical (unpaired) electrons. The first-order valence-corrected chi connectivity index (χ1v) is 4.37. The molecule has 1 aromatic carbocycles. The minimum atomic E-state index is 0.874. The number of benzene rings is 1. The first kappa shape index (κ1) is 9.27. The second-order valence-corrected chi connectivity index (χ2v) is 2.86. The van der Waals surface area contributed by atoms with Gasteiger partial charge in [0.05, 0.1) is 0 Å². The van der Waals surface area contributed by atoms with Crippen LogP contribution in [0.15, 0.2) is 24.3 Å². The summed E-state index contributed by atoms with van der Waals surface area (Å²) in [6.45, 7) is 0.874. The van der Waals surface area contributed by atoms with Crippen LogP contribution >= 0.6 is 0 Å². The molecule has 0 N–H and O–H groups in total. The minimum Gasteiger partial charge on any atom is -0.385 e. The summed E-state index contributed by atoms with van der Waals surface area (Å²) in [5.74, 6) is 0. The van der Waals surface area contributed by atoms with Crippen LogP contribution in [0.2, 0.25) is 0 Å². The number of aryl methyl sites for hydroxylation is 1. The van der Waals surface area contributed by atoms with Crippen molar-refractivity contribution in [3.63, 3.8) is 0 Å². The highest BCUT2D eigenvalue weighted by atomic mass is 16.5. The van der Waals surface area contributed by atoms with Crippen molar-refractivity contribution in [1.82, 2.24) is 0 Å². The zero-order valence-corrected chi connectivity index (χ0v) is 7.55. The molecule has 1 heteroatoms. The van der Waals surface area contributed by atoms with E-state index in [0.29, 0.717) is 0 Å². The summed E-state index contributed by atoms with van der Waals surface area (Å²) >= 11 is 0. The van der Waals surface area contributed by atoms with Gasteiger partial charge in [0.1, 0.15) is 0 Å². The first-order valence-electron chi connectivity index (χ1n) is 4.37. The zero-order valence-electron chi connectivity index (χ0n) is 7.55. The van der Waals surface area contributed by atoms with Crippen LogP contribution < -0.4 is 0 Å². The Bertz CT molecular complexity index is 193. The van der Waals surface area contributed by atoms with Crippen molar-refractivity contribution in [2.75, 3.05) is 13.7 Å². The Hall–Kier alpha value is -0.820. The lowest BCUT2D eigenvalue weighted by Crippen LogP contribution is -1.90. The lowest BCUT2D eigenvalue weighted by Gasteiger charge is -1.99. The second-order valence-electron chi connectivity index (χ2n) is 2.86. The SMILES string of the molecule is COCCCCc1cc[c]cc1. The molecule has 0 aliphatic heterocycles. The van der Waals surface area contributed by atoms with Crippen LogP contribution in [-0.2, 0) is 11.2 Å². The fraction of sp³-hybridized carbons (Fsp3) is 0.455. The summed E-state index contributed by atoms with van der Waals surface area (Å²) in [6.07, 6.45) is 3.50. The van der Waals surface area contributed by atoms with E-state index >= 15 is 0 Å². The standard InChI is InChI=1S/C11H15O/c1-12-10-6-5-9-11-7-3-2-4-8-11/h3-4,7-8H,5-6,9-10H2,1H3. The van der Waals surface area contributed by atoms with Gasteiger partial charge in [-0.25, -0.2) is 0 Å². The van der Waals surface area contributed by atoms with Crippen molar-refractivity contribution in [2.45, 2.75) is 19.3 Å². The maximum atomic E-state index is 4.97. The van der Waals surface area contributed by atoms with E-state index in [9.17, 15) is 0 Å². The van der Waals surface area contributed by atoms with E-state index < -0.39 is 0 Å². The molecule has 0 heterocycles. The van der Waals surface area contributed by atoms with E-state index in [0.717, 1.165) is 19.4 Å². The molecule has 1 nitrogen and oxygen atoms in total. The molecular weight excluding hydrogens is 148 g/mol. The molecule has 65 valence electrons. The highest BCUT2D eigenvalue weighted by molar-refractivity contribution is 5.13. The molecule has 1 aromatic rings. The quantitative estimate of drug-likeness (QED) is 0.606. The lowest BCUT2D eigenvalue weighted by atomic mass is 10.1. The number of ether oxygens (including phenoxy) is 1. The van der Waals surface area contributed by atoms with Crippen molar-refractivity contribution in [3.05, 3.63) is 35.9 Å². The number of rotatable bonds is 5. The Labute approximate surface area is 74.4 Å². The summed E-state index contributed by atoms with van der Waals surface area (Å²) in [6, 6.07) is 11.2. The monoisotopic (exact) mass is 163 g/mol. The fourth-order valence-electron chi connectivity index (χ4n) is 1.16. The Balaban J connectivity index is 2.16. The van der Waals surface area contributed by atoms with Crippen LogP contribution in [0.3, 0.4) is 0 Å². The Kier molecular flexibility index (Phi) is 4.47. The van der Waals surface area contributed by atoms with Crippen LogP contribution in [0, 0.1) is 6.07 Å². The van der Waals surface area contributed by atoms with Crippen LogP contribution in [0.5, 0.6) is 0 Å². The molecule has 0 unspecified atom stereocenters. The molecule has 1 rings (SSSR count). The predicted molar refractivity (Wildman–Crippen MR) is 50.1 cm³/mol. The molecule has 0 fully saturated rings. The molecule has 0 aliphatic carbocycles. The molecule has 0 aliphatic rings. The van der Waals surface area contributed by atoms with Gasteiger partial charge in [-0.15, -0.1) is 0 Å². The molecule has 0 saturated carbocycles. The smallest absolute Gasteiger partial charge is 0.0462 e. The Morgan fingerprint density at radius 3 is 2.67 bits per heavy atom. The third kappa shape index (κ3) is 3.54. The zero-order chi connectivity index (χ0) is 8.65. The summed E-state index contributed by atoms with van der Waals surface area (Å²) in [5, 5.41) is 0. The van der Waals surface area contributed by atoms with Crippen molar-refractivity contribution < 1.29 is 4.74 Å². The van der Waals surface area contributed by atoms with E-state index in [1.54, 1.807) is 7.11 Å². The van der Waals surface area contributed by atoms with E-state index in [2.05, 4.69) is 18.2 Å². The average molecular weight is 163 g/mol. The van der Waals surface area contributed by atoms with E-state index in [4.69, 9.17) is 4.74 Å². The van der Waals surface area contributed by atoms with Gasteiger partial charge < -0.3 is 4.74 Å². The topological polar surface area (TPSA) is 9.23 Å². The number of unbranched alkanes of at least 4 members (excludes halogenated alkanes) is 1. The van der Waals surface area contributed by atoms with Gasteiger partial charge >= 0.3 is 0 Å². The van der Waals surface area contributed by atoms with Crippen LogP contribution in [0.1, 0.15) is 18.4 Å². The molecule has 0 spiro atoms. The third-order valence-corrected chi connectivity index (χ3v) is 1.85. The molecule has 12 heavy (non-hydrogen) atoms. The lowest BCUT2D eigenvalue weighted by molar-refractivity contribution is 0.193. The van der Waals surface area contributed by atoms with Gasteiger partial charge in [0.15, 0.2) is 0 Å². The third-order valence-electron chi connectivity index (χ3n) is 1.85. The van der Waals surface area contributed by atoms with Crippen molar-refractivity contribution in [1.29, 1.82) is 0 Å². The first-order chi connectivity index (χ1) is 5.93. The average Bonchev–Trinajstić information content (AvgIpc) is 2.14. The minimum absolute atomic E-state index is 0.874. The van der Waals surface area contributed by atoms with Crippen LogP contribution in [-0.4, -0.2) is 13.7 Å².